The van der Waals surface area contributed by atoms with Gasteiger partial charge in [0.15, 0.2) is 0 Å². The highest BCUT2D eigenvalue weighted by Gasteiger charge is 2.32. The first-order valence-corrected chi connectivity index (χ1v) is 7.63. The van der Waals surface area contributed by atoms with E-state index in [1.807, 2.05) is 20.8 Å². The number of rotatable bonds is 7. The maximum absolute atomic E-state index is 11.7. The van der Waals surface area contributed by atoms with Gasteiger partial charge >= 0.3 is 0 Å². The van der Waals surface area contributed by atoms with Crippen molar-refractivity contribution in [1.29, 1.82) is 0 Å². The number of carbonyl (C=O) groups is 1. The Bertz CT molecular complexity index is 287. The van der Waals surface area contributed by atoms with E-state index in [-0.39, 0.29) is 11.9 Å². The fraction of sp³-hybridized carbons (Fsp3) is 0.933. The summed E-state index contributed by atoms with van der Waals surface area (Å²) in [6, 6.07) is 0.947. The lowest BCUT2D eigenvalue weighted by atomic mass is 9.92. The van der Waals surface area contributed by atoms with Crippen LogP contribution in [0, 0.1) is 0 Å². The number of hydrogen-bond donors (Lipinski definition) is 2. The Morgan fingerprint density at radius 1 is 1.37 bits per heavy atom. The van der Waals surface area contributed by atoms with E-state index < -0.39 is 5.54 Å². The van der Waals surface area contributed by atoms with Gasteiger partial charge in [-0.3, -0.25) is 4.79 Å². The minimum absolute atomic E-state index is 0.252. The van der Waals surface area contributed by atoms with Gasteiger partial charge in [0, 0.05) is 18.6 Å². The van der Waals surface area contributed by atoms with Gasteiger partial charge in [0.25, 0.3) is 0 Å². The fourth-order valence-corrected chi connectivity index (χ4v) is 3.01. The zero-order valence-electron chi connectivity index (χ0n) is 13.0. The third-order valence-electron chi connectivity index (χ3n) is 4.31. The van der Waals surface area contributed by atoms with Gasteiger partial charge in [-0.2, -0.15) is 0 Å². The molecule has 1 amide bonds. The van der Waals surface area contributed by atoms with Crippen molar-refractivity contribution in [2.24, 2.45) is 5.73 Å². The molecule has 0 bridgehead atoms. The van der Waals surface area contributed by atoms with Crippen LogP contribution in [-0.4, -0.2) is 42.0 Å². The van der Waals surface area contributed by atoms with Crippen molar-refractivity contribution in [3.63, 3.8) is 0 Å². The number of primary amides is 1. The van der Waals surface area contributed by atoms with Gasteiger partial charge in [0.1, 0.15) is 0 Å². The van der Waals surface area contributed by atoms with E-state index in [1.54, 1.807) is 0 Å². The van der Waals surface area contributed by atoms with Crippen molar-refractivity contribution in [3.05, 3.63) is 0 Å². The Labute approximate surface area is 118 Å². The molecule has 1 saturated carbocycles. The highest BCUT2D eigenvalue weighted by Crippen LogP contribution is 2.22. The summed E-state index contributed by atoms with van der Waals surface area (Å²) < 4.78 is 0. The number of nitrogens with zero attached hydrogens (tertiary/aromatic N) is 1. The van der Waals surface area contributed by atoms with Gasteiger partial charge in [-0.05, 0) is 47.1 Å². The number of hydrogen-bond acceptors (Lipinski definition) is 3. The largest absolute Gasteiger partial charge is 0.368 e. The molecule has 4 heteroatoms. The minimum Gasteiger partial charge on any atom is -0.368 e. The van der Waals surface area contributed by atoms with Crippen molar-refractivity contribution in [2.45, 2.75) is 76.9 Å². The molecule has 1 atom stereocenters. The Morgan fingerprint density at radius 2 is 1.95 bits per heavy atom. The van der Waals surface area contributed by atoms with Crippen molar-refractivity contribution in [3.8, 4) is 0 Å². The Hall–Kier alpha value is -0.610. The van der Waals surface area contributed by atoms with Crippen molar-refractivity contribution in [1.82, 2.24) is 10.2 Å². The predicted molar refractivity (Wildman–Crippen MR) is 80.0 cm³/mol. The van der Waals surface area contributed by atoms with E-state index in [0.29, 0.717) is 6.04 Å². The van der Waals surface area contributed by atoms with E-state index in [9.17, 15) is 4.79 Å². The molecule has 112 valence electrons. The molecule has 1 aliphatic rings. The molecule has 1 rings (SSSR count). The summed E-state index contributed by atoms with van der Waals surface area (Å²) in [5, 5.41) is 3.31. The van der Waals surface area contributed by atoms with E-state index in [4.69, 9.17) is 5.73 Å². The van der Waals surface area contributed by atoms with E-state index in [0.717, 1.165) is 13.0 Å². The zero-order valence-corrected chi connectivity index (χ0v) is 13.0. The molecule has 1 aliphatic carbocycles. The van der Waals surface area contributed by atoms with Crippen LogP contribution in [0.1, 0.15) is 59.3 Å². The Morgan fingerprint density at radius 3 is 2.42 bits per heavy atom. The third kappa shape index (κ3) is 5.11. The van der Waals surface area contributed by atoms with Gasteiger partial charge in [-0.25, -0.2) is 0 Å². The standard InChI is InChI=1S/C15H31N3O/c1-12(2)17-15(3,14(16)19)10-11-18(4)13-8-6-5-7-9-13/h12-13,17H,5-11H2,1-4H3,(H2,16,19). The quantitative estimate of drug-likeness (QED) is 0.742. The number of amides is 1. The first-order chi connectivity index (χ1) is 8.85. The molecule has 0 heterocycles. The van der Waals surface area contributed by atoms with Crippen LogP contribution in [0.5, 0.6) is 0 Å². The SMILES string of the molecule is CC(C)NC(C)(CCN(C)C1CCCCC1)C(N)=O. The monoisotopic (exact) mass is 269 g/mol. The lowest BCUT2D eigenvalue weighted by molar-refractivity contribution is -0.124. The number of nitrogens with two attached hydrogens (primary N) is 1. The molecule has 1 unspecified atom stereocenters. The molecule has 4 nitrogen and oxygen atoms in total. The van der Waals surface area contributed by atoms with Gasteiger partial charge in [-0.1, -0.05) is 19.3 Å². The number of nitrogens with one attached hydrogen (secondary N) is 1. The van der Waals surface area contributed by atoms with Gasteiger partial charge in [0.2, 0.25) is 5.91 Å². The maximum Gasteiger partial charge on any atom is 0.237 e. The molecule has 0 aromatic carbocycles. The van der Waals surface area contributed by atoms with Crippen LogP contribution in [0.2, 0.25) is 0 Å². The Balaban J connectivity index is 2.48. The molecule has 3 N–H and O–H groups in total. The number of carbonyl (C=O) groups excluding carboxylic acids is 1. The summed E-state index contributed by atoms with van der Waals surface area (Å²) in [5.74, 6) is -0.252. The fourth-order valence-electron chi connectivity index (χ4n) is 3.01. The molecule has 1 fully saturated rings. The van der Waals surface area contributed by atoms with Crippen LogP contribution < -0.4 is 11.1 Å². The van der Waals surface area contributed by atoms with Crippen molar-refractivity contribution < 1.29 is 4.79 Å². The lowest BCUT2D eigenvalue weighted by Gasteiger charge is -2.35. The maximum atomic E-state index is 11.7. The van der Waals surface area contributed by atoms with Crippen LogP contribution in [0.4, 0.5) is 0 Å². The van der Waals surface area contributed by atoms with Crippen molar-refractivity contribution >= 4 is 5.91 Å². The first-order valence-electron chi connectivity index (χ1n) is 7.63. The first kappa shape index (κ1) is 16.4. The van der Waals surface area contributed by atoms with Crippen LogP contribution in [0.3, 0.4) is 0 Å². The third-order valence-corrected chi connectivity index (χ3v) is 4.31. The topological polar surface area (TPSA) is 58.4 Å². The normalized spacial score (nSPS) is 20.7. The summed E-state index contributed by atoms with van der Waals surface area (Å²) in [4.78, 5) is 14.1. The molecular weight excluding hydrogens is 238 g/mol. The summed E-state index contributed by atoms with van der Waals surface area (Å²) in [5.41, 5.74) is 4.96. The average molecular weight is 269 g/mol. The van der Waals surface area contributed by atoms with Gasteiger partial charge in [0.05, 0.1) is 5.54 Å². The molecule has 0 aromatic rings. The smallest absolute Gasteiger partial charge is 0.237 e. The molecule has 0 saturated heterocycles. The zero-order chi connectivity index (χ0) is 14.5. The second-order valence-electron chi connectivity index (χ2n) is 6.52. The van der Waals surface area contributed by atoms with Crippen LogP contribution in [0.15, 0.2) is 0 Å². The summed E-state index contributed by atoms with van der Waals surface area (Å²) in [6.07, 6.45) is 7.41. The van der Waals surface area contributed by atoms with E-state index >= 15 is 0 Å². The van der Waals surface area contributed by atoms with Gasteiger partial charge in [-0.15, -0.1) is 0 Å². The Kier molecular flexibility index (Phi) is 6.27. The van der Waals surface area contributed by atoms with E-state index in [1.165, 1.54) is 32.1 Å². The minimum atomic E-state index is -0.600. The second kappa shape index (κ2) is 7.25. The lowest BCUT2D eigenvalue weighted by Crippen LogP contribution is -2.57. The highest BCUT2D eigenvalue weighted by atomic mass is 16.1. The predicted octanol–water partition coefficient (Wildman–Crippen LogP) is 1.88. The second-order valence-corrected chi connectivity index (χ2v) is 6.52. The van der Waals surface area contributed by atoms with Crippen LogP contribution in [-0.2, 0) is 4.79 Å². The molecular formula is C15H31N3O. The summed E-state index contributed by atoms with van der Waals surface area (Å²) >= 11 is 0. The van der Waals surface area contributed by atoms with Crippen LogP contribution in [0.25, 0.3) is 0 Å². The molecule has 0 spiro atoms. The van der Waals surface area contributed by atoms with E-state index in [2.05, 4.69) is 17.3 Å². The van der Waals surface area contributed by atoms with Crippen molar-refractivity contribution in [2.75, 3.05) is 13.6 Å². The molecule has 19 heavy (non-hydrogen) atoms. The van der Waals surface area contributed by atoms with Crippen LogP contribution >= 0.6 is 0 Å². The molecule has 0 aromatic heterocycles. The molecule has 0 radical (unpaired) electrons. The molecule has 0 aliphatic heterocycles. The average Bonchev–Trinajstić information content (AvgIpc) is 2.36. The summed E-state index contributed by atoms with van der Waals surface area (Å²) in [7, 11) is 2.17. The highest BCUT2D eigenvalue weighted by molar-refractivity contribution is 5.84. The van der Waals surface area contributed by atoms with Gasteiger partial charge < -0.3 is 16.0 Å². The summed E-state index contributed by atoms with van der Waals surface area (Å²) in [6.45, 7) is 6.94.